The van der Waals surface area contributed by atoms with E-state index in [-0.39, 0.29) is 11.6 Å². The summed E-state index contributed by atoms with van der Waals surface area (Å²) in [6.45, 7) is 7.32. The van der Waals surface area contributed by atoms with Crippen molar-refractivity contribution in [2.24, 2.45) is 11.8 Å². The Bertz CT molecular complexity index is 298. The summed E-state index contributed by atoms with van der Waals surface area (Å²) in [5.74, 6) is 0.229. The van der Waals surface area contributed by atoms with Crippen molar-refractivity contribution in [3.63, 3.8) is 0 Å². The quantitative estimate of drug-likeness (QED) is 0.820. The summed E-state index contributed by atoms with van der Waals surface area (Å²) in [5, 5.41) is 9.36. The third-order valence-corrected chi connectivity index (χ3v) is 3.90. The number of carboxylic acid groups (broad SMARTS) is 1. The number of hydrogen-bond donors (Lipinski definition) is 1. The summed E-state index contributed by atoms with van der Waals surface area (Å²) in [4.78, 5) is 13.4. The number of carbonyl (C=O) groups is 1. The molecule has 4 nitrogen and oxygen atoms in total. The van der Waals surface area contributed by atoms with Gasteiger partial charge in [0.05, 0.1) is 5.60 Å². The summed E-state index contributed by atoms with van der Waals surface area (Å²) in [5.41, 5.74) is -0.208. The molecule has 0 spiro atoms. The van der Waals surface area contributed by atoms with Crippen molar-refractivity contribution < 1.29 is 14.6 Å². The monoisotopic (exact) mass is 241 g/mol. The first kappa shape index (κ1) is 12.8. The molecule has 2 fully saturated rings. The number of carboxylic acids is 1. The van der Waals surface area contributed by atoms with E-state index in [2.05, 4.69) is 0 Å². The molecule has 4 heteroatoms. The molecule has 0 bridgehead atoms. The maximum Gasteiger partial charge on any atom is 0.321 e. The highest BCUT2D eigenvalue weighted by Crippen LogP contribution is 2.42. The molecule has 0 aromatic rings. The minimum atomic E-state index is -0.683. The average Bonchev–Trinajstić information content (AvgIpc) is 2.70. The van der Waals surface area contributed by atoms with Crippen LogP contribution in [-0.2, 0) is 9.53 Å². The van der Waals surface area contributed by atoms with Crippen LogP contribution >= 0.6 is 0 Å². The Morgan fingerprint density at radius 3 is 2.71 bits per heavy atom. The van der Waals surface area contributed by atoms with Gasteiger partial charge in [-0.1, -0.05) is 6.42 Å². The van der Waals surface area contributed by atoms with Crippen LogP contribution in [-0.4, -0.2) is 40.9 Å². The second-order valence-corrected chi connectivity index (χ2v) is 6.30. The first-order valence-corrected chi connectivity index (χ1v) is 6.49. The second-order valence-electron chi connectivity index (χ2n) is 6.30. The standard InChI is InChI=1S/C13H23NO3/c1-13(2,3)17-8-14-7-9-5-4-6-10(9)11(14)12(15)16/h9-11H,4-8H2,1-3H3,(H,15,16). The van der Waals surface area contributed by atoms with E-state index in [0.717, 1.165) is 13.0 Å². The van der Waals surface area contributed by atoms with Gasteiger partial charge in [-0.2, -0.15) is 0 Å². The number of nitrogens with zero attached hydrogens (tertiary/aromatic N) is 1. The smallest absolute Gasteiger partial charge is 0.321 e. The molecular weight excluding hydrogens is 218 g/mol. The largest absolute Gasteiger partial charge is 0.480 e. The number of ether oxygens (including phenoxy) is 1. The predicted molar refractivity (Wildman–Crippen MR) is 64.7 cm³/mol. The van der Waals surface area contributed by atoms with E-state index in [0.29, 0.717) is 18.6 Å². The van der Waals surface area contributed by atoms with Gasteiger partial charge in [0.25, 0.3) is 0 Å². The molecule has 1 aliphatic carbocycles. The molecule has 0 aromatic carbocycles. The lowest BCUT2D eigenvalue weighted by molar-refractivity contribution is -0.148. The van der Waals surface area contributed by atoms with Crippen LogP contribution in [0.4, 0.5) is 0 Å². The van der Waals surface area contributed by atoms with Gasteiger partial charge < -0.3 is 9.84 Å². The average molecular weight is 241 g/mol. The van der Waals surface area contributed by atoms with Gasteiger partial charge >= 0.3 is 5.97 Å². The summed E-state index contributed by atoms with van der Waals surface area (Å²) >= 11 is 0. The lowest BCUT2D eigenvalue weighted by Gasteiger charge is -2.28. The van der Waals surface area contributed by atoms with E-state index in [9.17, 15) is 9.90 Å². The molecule has 1 N–H and O–H groups in total. The van der Waals surface area contributed by atoms with E-state index in [1.165, 1.54) is 12.8 Å². The molecule has 2 aliphatic rings. The molecule has 1 heterocycles. The zero-order chi connectivity index (χ0) is 12.6. The van der Waals surface area contributed by atoms with Crippen molar-refractivity contribution in [1.82, 2.24) is 4.90 Å². The molecule has 3 unspecified atom stereocenters. The van der Waals surface area contributed by atoms with Crippen LogP contribution in [0.5, 0.6) is 0 Å². The van der Waals surface area contributed by atoms with Crippen LogP contribution in [0.15, 0.2) is 0 Å². The van der Waals surface area contributed by atoms with Crippen LogP contribution in [0.1, 0.15) is 40.0 Å². The van der Waals surface area contributed by atoms with Gasteiger partial charge in [-0.3, -0.25) is 9.69 Å². The Morgan fingerprint density at radius 2 is 2.12 bits per heavy atom. The normalized spacial score (nSPS) is 33.9. The number of likely N-dealkylation sites (tertiary alicyclic amines) is 1. The van der Waals surface area contributed by atoms with Crippen LogP contribution < -0.4 is 0 Å². The third kappa shape index (κ3) is 2.80. The number of aliphatic carboxylic acids is 1. The van der Waals surface area contributed by atoms with E-state index < -0.39 is 5.97 Å². The van der Waals surface area contributed by atoms with Crippen molar-refractivity contribution >= 4 is 5.97 Å². The van der Waals surface area contributed by atoms with E-state index in [1.807, 2.05) is 25.7 Å². The van der Waals surface area contributed by atoms with Gasteiger partial charge in [-0.25, -0.2) is 0 Å². The van der Waals surface area contributed by atoms with Gasteiger partial charge in [-0.05, 0) is 45.4 Å². The fraction of sp³-hybridized carbons (Fsp3) is 0.923. The molecule has 0 radical (unpaired) electrons. The highest BCUT2D eigenvalue weighted by molar-refractivity contribution is 5.74. The molecule has 1 aliphatic heterocycles. The third-order valence-electron chi connectivity index (χ3n) is 3.90. The van der Waals surface area contributed by atoms with Gasteiger partial charge in [0.2, 0.25) is 0 Å². The molecule has 2 rings (SSSR count). The summed E-state index contributed by atoms with van der Waals surface area (Å²) in [6, 6.07) is -0.329. The van der Waals surface area contributed by atoms with E-state index in [4.69, 9.17) is 4.74 Å². The Hall–Kier alpha value is -0.610. The summed E-state index contributed by atoms with van der Waals surface area (Å²) in [6.07, 6.45) is 3.43. The highest BCUT2D eigenvalue weighted by Gasteiger charge is 2.47. The van der Waals surface area contributed by atoms with Crippen molar-refractivity contribution in [1.29, 1.82) is 0 Å². The van der Waals surface area contributed by atoms with Crippen molar-refractivity contribution in [2.45, 2.75) is 51.7 Å². The minimum absolute atomic E-state index is 0.208. The number of rotatable bonds is 3. The summed E-state index contributed by atoms with van der Waals surface area (Å²) < 4.78 is 5.72. The molecule has 1 saturated carbocycles. The first-order valence-electron chi connectivity index (χ1n) is 6.49. The lowest BCUT2D eigenvalue weighted by atomic mass is 9.94. The van der Waals surface area contributed by atoms with Crippen LogP contribution in [0.3, 0.4) is 0 Å². The molecule has 0 amide bonds. The Labute approximate surface area is 103 Å². The second kappa shape index (κ2) is 4.58. The zero-order valence-corrected chi connectivity index (χ0v) is 11.0. The minimum Gasteiger partial charge on any atom is -0.480 e. The molecule has 17 heavy (non-hydrogen) atoms. The number of hydrogen-bond acceptors (Lipinski definition) is 3. The fourth-order valence-corrected chi connectivity index (χ4v) is 3.14. The topological polar surface area (TPSA) is 49.8 Å². The fourth-order valence-electron chi connectivity index (χ4n) is 3.14. The predicted octanol–water partition coefficient (Wildman–Crippen LogP) is 1.94. The summed E-state index contributed by atoms with van der Waals surface area (Å²) in [7, 11) is 0. The zero-order valence-electron chi connectivity index (χ0n) is 11.0. The number of fused-ring (bicyclic) bond motifs is 1. The molecule has 98 valence electrons. The Kier molecular flexibility index (Phi) is 3.46. The van der Waals surface area contributed by atoms with Gasteiger partial charge in [0.1, 0.15) is 12.8 Å². The van der Waals surface area contributed by atoms with Crippen LogP contribution in [0.2, 0.25) is 0 Å². The van der Waals surface area contributed by atoms with E-state index >= 15 is 0 Å². The van der Waals surface area contributed by atoms with Crippen LogP contribution in [0, 0.1) is 11.8 Å². The van der Waals surface area contributed by atoms with Crippen molar-refractivity contribution in [3.05, 3.63) is 0 Å². The van der Waals surface area contributed by atoms with Crippen LogP contribution in [0.25, 0.3) is 0 Å². The highest BCUT2D eigenvalue weighted by atomic mass is 16.5. The molecular formula is C13H23NO3. The van der Waals surface area contributed by atoms with Gasteiger partial charge in [-0.15, -0.1) is 0 Å². The van der Waals surface area contributed by atoms with Gasteiger partial charge in [0.15, 0.2) is 0 Å². The maximum absolute atomic E-state index is 11.4. The molecule has 3 atom stereocenters. The van der Waals surface area contributed by atoms with E-state index in [1.54, 1.807) is 0 Å². The van der Waals surface area contributed by atoms with Gasteiger partial charge in [0, 0.05) is 6.54 Å². The molecule has 0 aromatic heterocycles. The Morgan fingerprint density at radius 1 is 1.41 bits per heavy atom. The SMILES string of the molecule is CC(C)(C)OCN1CC2CCCC2C1C(=O)O. The molecule has 1 saturated heterocycles. The first-order chi connectivity index (χ1) is 7.88. The lowest BCUT2D eigenvalue weighted by Crippen LogP contribution is -2.42. The van der Waals surface area contributed by atoms with Crippen molar-refractivity contribution in [3.8, 4) is 0 Å². The van der Waals surface area contributed by atoms with Crippen molar-refractivity contribution in [2.75, 3.05) is 13.3 Å². The maximum atomic E-state index is 11.4. The Balaban J connectivity index is 1.99.